The Balaban J connectivity index is 5.93. The lowest BCUT2D eigenvalue weighted by Crippen LogP contribution is -2.50. The van der Waals surface area contributed by atoms with Gasteiger partial charge in [-0.05, 0) is 139 Å². The van der Waals surface area contributed by atoms with Gasteiger partial charge in [0.05, 0.1) is 119 Å². The van der Waals surface area contributed by atoms with Gasteiger partial charge < -0.3 is 83.4 Å². The van der Waals surface area contributed by atoms with Crippen molar-refractivity contribution in [2.45, 2.75) is 241 Å². The van der Waals surface area contributed by atoms with Gasteiger partial charge in [-0.1, -0.05) is 41.5 Å². The van der Waals surface area contributed by atoms with Crippen molar-refractivity contribution >= 4 is 0 Å². The molecule has 0 spiro atoms. The van der Waals surface area contributed by atoms with Crippen molar-refractivity contribution in [3.05, 3.63) is 0 Å². The van der Waals surface area contributed by atoms with Gasteiger partial charge in [-0.3, -0.25) is 5.32 Å². The molecule has 0 aliphatic carbocycles. The number of hydrogen-bond donors (Lipinski definition) is 7. The van der Waals surface area contributed by atoms with Crippen LogP contribution in [0.5, 0.6) is 0 Å². The topological polar surface area (TPSA) is 241 Å². The summed E-state index contributed by atoms with van der Waals surface area (Å²) in [6.07, 6.45) is -0.531. The molecule has 5 atom stereocenters. The highest BCUT2D eigenvalue weighted by atomic mass is 16.6. The molecule has 0 heterocycles. The van der Waals surface area contributed by atoms with Gasteiger partial charge in [0.1, 0.15) is 18.4 Å². The Kier molecular flexibility index (Phi) is 32.7. The van der Waals surface area contributed by atoms with E-state index in [-0.39, 0.29) is 75.5 Å². The van der Waals surface area contributed by atoms with Crippen LogP contribution in [0.3, 0.4) is 0 Å². The molecule has 440 valence electrons. The van der Waals surface area contributed by atoms with Crippen LogP contribution in [0.15, 0.2) is 0 Å². The molecule has 0 bridgehead atoms. The monoisotopic (exact) mass is 1060 g/mol. The first-order valence-electron chi connectivity index (χ1n) is 26.9. The van der Waals surface area contributed by atoms with Crippen molar-refractivity contribution in [2.75, 3.05) is 99.2 Å². The van der Waals surface area contributed by atoms with Crippen LogP contribution in [-0.4, -0.2) is 195 Å². The van der Waals surface area contributed by atoms with Crippen LogP contribution in [-0.2, 0) is 52.1 Å². The molecule has 0 saturated heterocycles. The fourth-order valence-electron chi connectivity index (χ4n) is 7.16. The minimum Gasteiger partial charge on any atom is -0.394 e. The molecular weight excluding hydrogens is 945 g/mol. The van der Waals surface area contributed by atoms with Crippen LogP contribution >= 0.6 is 0 Å². The average molecular weight is 1060 g/mol. The number of ether oxygens (including phenoxy) is 11. The maximum Gasteiger partial charge on any atom is 0.177 e. The lowest BCUT2D eigenvalue weighted by molar-refractivity contribution is -0.184. The average Bonchev–Trinajstić information content (AvgIpc) is 3.26. The Hall–Kier alpha value is -0.720. The Morgan fingerprint density at radius 1 is 0.466 bits per heavy atom. The standard InChI is InChI=1S/C55H114N2O16/c1-41(2)52(13,14)69-28-24-50(9,10)71-39-42(65-31-32-66-45(35-59)57-49(7,8)23-27-70-53(15,16)44(61)34-58)33-51(11,12)68-26-22-48(5,6)55(19,20)73-43(38-64-29-30-67-46(62)36-60)37-63-25-21-47(3,4)54(17,18)72-40-56/h41-46,57-62H,21-40,56H2,1-20H3. The van der Waals surface area contributed by atoms with Crippen molar-refractivity contribution in [1.29, 1.82) is 0 Å². The molecule has 0 aliphatic heterocycles. The summed E-state index contributed by atoms with van der Waals surface area (Å²) < 4.78 is 68.0. The van der Waals surface area contributed by atoms with E-state index in [0.29, 0.717) is 64.6 Å². The van der Waals surface area contributed by atoms with Crippen LogP contribution in [0, 0.1) is 16.7 Å². The van der Waals surface area contributed by atoms with Crippen molar-refractivity contribution in [3.8, 4) is 0 Å². The van der Waals surface area contributed by atoms with Crippen molar-refractivity contribution in [2.24, 2.45) is 22.5 Å². The lowest BCUT2D eigenvalue weighted by Gasteiger charge is -2.44. The number of aliphatic hydroxyl groups excluding tert-OH is 5. The van der Waals surface area contributed by atoms with E-state index in [1.165, 1.54) is 0 Å². The third-order valence-electron chi connectivity index (χ3n) is 15.2. The summed E-state index contributed by atoms with van der Waals surface area (Å²) in [5, 5.41) is 51.8. The summed E-state index contributed by atoms with van der Waals surface area (Å²) in [5.74, 6) is 0.362. The highest BCUT2D eigenvalue weighted by Crippen LogP contribution is 2.39. The van der Waals surface area contributed by atoms with E-state index in [1.54, 1.807) is 13.8 Å². The van der Waals surface area contributed by atoms with Gasteiger partial charge in [-0.15, -0.1) is 0 Å². The first kappa shape index (κ1) is 72.3. The molecule has 8 N–H and O–H groups in total. The second kappa shape index (κ2) is 33.0. The van der Waals surface area contributed by atoms with E-state index in [0.717, 1.165) is 6.42 Å². The van der Waals surface area contributed by atoms with Crippen LogP contribution in [0.4, 0.5) is 0 Å². The van der Waals surface area contributed by atoms with Gasteiger partial charge in [-0.2, -0.15) is 0 Å². The zero-order valence-corrected chi connectivity index (χ0v) is 49.9. The summed E-state index contributed by atoms with van der Waals surface area (Å²) in [6.45, 7) is 43.4. The van der Waals surface area contributed by atoms with Gasteiger partial charge in [0, 0.05) is 31.8 Å². The first-order valence-corrected chi connectivity index (χ1v) is 26.9. The fourth-order valence-corrected chi connectivity index (χ4v) is 7.16. The molecule has 18 nitrogen and oxygen atoms in total. The molecule has 0 aromatic carbocycles. The molecule has 0 aromatic rings. The molecule has 0 radical (unpaired) electrons. The van der Waals surface area contributed by atoms with Gasteiger partial charge in [0.15, 0.2) is 6.29 Å². The zero-order valence-electron chi connectivity index (χ0n) is 49.9. The SMILES string of the molecule is CC(C)C(C)(C)OCCC(C)(C)OCC(CC(C)(C)OCCC(C)(C)C(C)(C)OC(COCCOC(O)CO)COCCC(C)(C)C(C)(C)OCN)OCCOC(CO)NC(C)(C)CCOC(C)(C)C(O)CO. The van der Waals surface area contributed by atoms with Crippen molar-refractivity contribution in [3.63, 3.8) is 0 Å². The highest BCUT2D eigenvalue weighted by Gasteiger charge is 2.41. The summed E-state index contributed by atoms with van der Waals surface area (Å²) in [5.41, 5.74) is 1.29. The van der Waals surface area contributed by atoms with E-state index in [1.807, 2.05) is 27.7 Å². The third-order valence-corrected chi connectivity index (χ3v) is 15.2. The molecule has 5 unspecified atom stereocenters. The van der Waals surface area contributed by atoms with E-state index in [9.17, 15) is 20.4 Å². The van der Waals surface area contributed by atoms with E-state index >= 15 is 0 Å². The van der Waals surface area contributed by atoms with Gasteiger partial charge in [-0.25, -0.2) is 0 Å². The summed E-state index contributed by atoms with van der Waals surface area (Å²) in [7, 11) is 0. The van der Waals surface area contributed by atoms with E-state index in [4.69, 9.17) is 62.9 Å². The predicted octanol–water partition coefficient (Wildman–Crippen LogP) is 6.50. The predicted molar refractivity (Wildman–Crippen MR) is 286 cm³/mol. The maximum atomic E-state index is 10.2. The van der Waals surface area contributed by atoms with Crippen LogP contribution in [0.1, 0.15) is 171 Å². The Morgan fingerprint density at radius 2 is 0.986 bits per heavy atom. The van der Waals surface area contributed by atoms with E-state index in [2.05, 4.69) is 102 Å². The van der Waals surface area contributed by atoms with Crippen LogP contribution < -0.4 is 11.1 Å². The molecule has 73 heavy (non-hydrogen) atoms. The molecule has 0 saturated carbocycles. The summed E-state index contributed by atoms with van der Waals surface area (Å²) >= 11 is 0. The van der Waals surface area contributed by atoms with Crippen molar-refractivity contribution < 1.29 is 77.6 Å². The summed E-state index contributed by atoms with van der Waals surface area (Å²) in [4.78, 5) is 0. The Morgan fingerprint density at radius 3 is 1.55 bits per heavy atom. The first-order chi connectivity index (χ1) is 33.4. The third kappa shape index (κ3) is 29.7. The normalized spacial score (nSPS) is 16.3. The van der Waals surface area contributed by atoms with Gasteiger partial charge >= 0.3 is 0 Å². The zero-order chi connectivity index (χ0) is 56.6. The van der Waals surface area contributed by atoms with E-state index < -0.39 is 71.5 Å². The number of hydrogen-bond acceptors (Lipinski definition) is 18. The fraction of sp³-hybridized carbons (Fsp3) is 1.00. The molecule has 0 amide bonds. The number of nitrogens with two attached hydrogens (primary N) is 1. The second-order valence-corrected chi connectivity index (χ2v) is 25.2. The number of nitrogens with one attached hydrogen (secondary N) is 1. The molecular formula is C55H114N2O16. The smallest absolute Gasteiger partial charge is 0.177 e. The van der Waals surface area contributed by atoms with Gasteiger partial charge in [0.2, 0.25) is 0 Å². The van der Waals surface area contributed by atoms with Crippen LogP contribution in [0.2, 0.25) is 0 Å². The Bertz CT molecular complexity index is 1420. The highest BCUT2D eigenvalue weighted by molar-refractivity contribution is 4.91. The molecule has 0 aliphatic rings. The minimum atomic E-state index is -1.27. The largest absolute Gasteiger partial charge is 0.394 e. The molecule has 0 aromatic heterocycles. The number of aliphatic hydroxyl groups is 5. The number of rotatable bonds is 46. The lowest BCUT2D eigenvalue weighted by atomic mass is 9.74. The van der Waals surface area contributed by atoms with Crippen LogP contribution in [0.25, 0.3) is 0 Å². The Labute approximate surface area is 444 Å². The molecule has 0 rings (SSSR count). The molecule has 0 fully saturated rings. The van der Waals surface area contributed by atoms with Gasteiger partial charge in [0.25, 0.3) is 0 Å². The van der Waals surface area contributed by atoms with Crippen molar-refractivity contribution in [1.82, 2.24) is 5.32 Å². The second-order valence-electron chi connectivity index (χ2n) is 25.2. The summed E-state index contributed by atoms with van der Waals surface area (Å²) in [6, 6.07) is 0. The quantitative estimate of drug-likeness (QED) is 0.0254. The minimum absolute atomic E-state index is 0.106. The maximum absolute atomic E-state index is 10.2. The molecule has 18 heteroatoms.